The number of rotatable bonds is 4. The molecule has 2 saturated heterocycles. The molecule has 156 valence electrons. The molecule has 0 spiro atoms. The Morgan fingerprint density at radius 2 is 1.97 bits per heavy atom. The van der Waals surface area contributed by atoms with E-state index in [4.69, 9.17) is 4.42 Å². The molecule has 3 aromatic rings. The van der Waals surface area contributed by atoms with E-state index in [2.05, 4.69) is 46.1 Å². The van der Waals surface area contributed by atoms with Gasteiger partial charge < -0.3 is 9.32 Å². The molecule has 2 fully saturated rings. The van der Waals surface area contributed by atoms with Crippen LogP contribution in [-0.2, 0) is 13.6 Å². The Labute approximate surface area is 177 Å². The number of carbonyl (C=O) groups excluding carboxylic acids is 1. The predicted molar refractivity (Wildman–Crippen MR) is 114 cm³/mol. The minimum atomic E-state index is 0.0879. The van der Waals surface area contributed by atoms with Crippen LogP contribution in [-0.4, -0.2) is 45.1 Å². The Bertz CT molecular complexity index is 1060. The minimum Gasteiger partial charge on any atom is -0.468 e. The van der Waals surface area contributed by atoms with Gasteiger partial charge in [0.25, 0.3) is 5.91 Å². The highest BCUT2D eigenvalue weighted by Gasteiger charge is 2.49. The fourth-order valence-electron chi connectivity index (χ4n) is 5.38. The number of aryl methyl sites for hydroxylation is 3. The van der Waals surface area contributed by atoms with Crippen molar-refractivity contribution < 1.29 is 9.21 Å². The fraction of sp³-hybridized carbons (Fsp3) is 0.417. The van der Waals surface area contributed by atoms with Crippen LogP contribution >= 0.6 is 0 Å². The van der Waals surface area contributed by atoms with Gasteiger partial charge in [0.15, 0.2) is 0 Å². The molecule has 0 saturated carbocycles. The molecule has 2 aliphatic heterocycles. The summed E-state index contributed by atoms with van der Waals surface area (Å²) < 4.78 is 7.29. The number of fused-ring (bicyclic) bond motifs is 1. The molecule has 6 nitrogen and oxygen atoms in total. The molecule has 0 radical (unpaired) electrons. The zero-order valence-electron chi connectivity index (χ0n) is 17.8. The van der Waals surface area contributed by atoms with E-state index in [1.807, 2.05) is 32.3 Å². The summed E-state index contributed by atoms with van der Waals surface area (Å²) in [6.45, 7) is 7.64. The monoisotopic (exact) mass is 404 g/mol. The first kappa shape index (κ1) is 19.1. The molecule has 4 heterocycles. The average molecular weight is 405 g/mol. The number of hydrogen-bond donors (Lipinski definition) is 0. The molecular formula is C24H28N4O2. The Hall–Kier alpha value is -2.86. The van der Waals surface area contributed by atoms with Crippen molar-refractivity contribution in [2.24, 2.45) is 18.9 Å². The van der Waals surface area contributed by atoms with Crippen molar-refractivity contribution in [2.75, 3.05) is 19.6 Å². The maximum absolute atomic E-state index is 13.6. The first-order valence-electron chi connectivity index (χ1n) is 10.6. The number of nitrogens with zero attached hydrogens (tertiary/aromatic N) is 4. The average Bonchev–Trinajstić information content (AvgIpc) is 3.47. The summed E-state index contributed by atoms with van der Waals surface area (Å²) in [5, 5.41) is 4.40. The van der Waals surface area contributed by atoms with Gasteiger partial charge in [-0.1, -0.05) is 24.3 Å². The Morgan fingerprint density at radius 1 is 1.13 bits per heavy atom. The second kappa shape index (κ2) is 7.43. The van der Waals surface area contributed by atoms with Gasteiger partial charge in [0, 0.05) is 38.8 Å². The highest BCUT2D eigenvalue weighted by atomic mass is 16.3. The van der Waals surface area contributed by atoms with Crippen molar-refractivity contribution in [2.45, 2.75) is 26.4 Å². The van der Waals surface area contributed by atoms with E-state index in [0.29, 0.717) is 17.4 Å². The van der Waals surface area contributed by atoms with Crippen molar-refractivity contribution in [1.29, 1.82) is 0 Å². The molecule has 1 amide bonds. The summed E-state index contributed by atoms with van der Waals surface area (Å²) in [4.78, 5) is 18.2. The third-order valence-corrected chi connectivity index (χ3v) is 6.71. The van der Waals surface area contributed by atoms with Crippen LogP contribution in [0, 0.1) is 25.7 Å². The molecule has 5 rings (SSSR count). The summed E-state index contributed by atoms with van der Waals surface area (Å²) in [5.41, 5.74) is 4.01. The van der Waals surface area contributed by atoms with Crippen LogP contribution in [0.2, 0.25) is 0 Å². The SMILES string of the molecule is Cc1ccccc1[C@H]1[C@H]2CN(Cc3ccco3)C[C@H]2CN1C(=O)c1cn(C)nc1C. The van der Waals surface area contributed by atoms with Gasteiger partial charge in [0.1, 0.15) is 5.76 Å². The van der Waals surface area contributed by atoms with E-state index < -0.39 is 0 Å². The third kappa shape index (κ3) is 3.25. The van der Waals surface area contributed by atoms with Gasteiger partial charge in [0.2, 0.25) is 0 Å². The Morgan fingerprint density at radius 3 is 2.67 bits per heavy atom. The van der Waals surface area contributed by atoms with Crippen molar-refractivity contribution in [1.82, 2.24) is 19.6 Å². The molecule has 6 heteroatoms. The summed E-state index contributed by atoms with van der Waals surface area (Å²) in [5.74, 6) is 1.98. The minimum absolute atomic E-state index is 0.0879. The number of hydrogen-bond acceptors (Lipinski definition) is 4. The number of benzene rings is 1. The number of carbonyl (C=O) groups is 1. The van der Waals surface area contributed by atoms with Crippen LogP contribution in [0.25, 0.3) is 0 Å². The second-order valence-electron chi connectivity index (χ2n) is 8.76. The molecule has 2 aliphatic rings. The highest BCUT2D eigenvalue weighted by Crippen LogP contribution is 2.46. The van der Waals surface area contributed by atoms with Gasteiger partial charge >= 0.3 is 0 Å². The largest absolute Gasteiger partial charge is 0.468 e. The van der Waals surface area contributed by atoms with Crippen LogP contribution in [0.5, 0.6) is 0 Å². The first-order chi connectivity index (χ1) is 14.5. The number of furan rings is 1. The zero-order valence-corrected chi connectivity index (χ0v) is 17.8. The maximum Gasteiger partial charge on any atom is 0.257 e. The zero-order chi connectivity index (χ0) is 20.8. The maximum atomic E-state index is 13.6. The Kier molecular flexibility index (Phi) is 4.74. The lowest BCUT2D eigenvalue weighted by Gasteiger charge is -2.30. The lowest BCUT2D eigenvalue weighted by molar-refractivity contribution is 0.0697. The number of likely N-dealkylation sites (tertiary alicyclic amines) is 2. The van der Waals surface area contributed by atoms with Crippen LogP contribution in [0.15, 0.2) is 53.3 Å². The molecular weight excluding hydrogens is 376 g/mol. The number of amides is 1. The van der Waals surface area contributed by atoms with E-state index in [1.54, 1.807) is 10.9 Å². The topological polar surface area (TPSA) is 54.5 Å². The van der Waals surface area contributed by atoms with Crippen molar-refractivity contribution in [3.63, 3.8) is 0 Å². The predicted octanol–water partition coefficient (Wildman–Crippen LogP) is 3.58. The van der Waals surface area contributed by atoms with Crippen LogP contribution in [0.1, 0.15) is 39.0 Å². The first-order valence-corrected chi connectivity index (χ1v) is 10.6. The van der Waals surface area contributed by atoms with Gasteiger partial charge in [-0.3, -0.25) is 14.4 Å². The van der Waals surface area contributed by atoms with Crippen molar-refractivity contribution in [3.8, 4) is 0 Å². The summed E-state index contributed by atoms with van der Waals surface area (Å²) in [7, 11) is 1.87. The molecule has 30 heavy (non-hydrogen) atoms. The van der Waals surface area contributed by atoms with Crippen molar-refractivity contribution >= 4 is 5.91 Å². The van der Waals surface area contributed by atoms with Gasteiger partial charge in [-0.2, -0.15) is 5.10 Å². The highest BCUT2D eigenvalue weighted by molar-refractivity contribution is 5.95. The smallest absolute Gasteiger partial charge is 0.257 e. The molecule has 2 aromatic heterocycles. The molecule has 0 bridgehead atoms. The van der Waals surface area contributed by atoms with E-state index in [9.17, 15) is 4.79 Å². The van der Waals surface area contributed by atoms with Gasteiger partial charge in [-0.15, -0.1) is 0 Å². The lowest BCUT2D eigenvalue weighted by Crippen LogP contribution is -2.36. The summed E-state index contributed by atoms with van der Waals surface area (Å²) >= 11 is 0. The summed E-state index contributed by atoms with van der Waals surface area (Å²) in [6.07, 6.45) is 3.59. The van der Waals surface area contributed by atoms with Crippen LogP contribution in [0.3, 0.4) is 0 Å². The fourth-order valence-corrected chi connectivity index (χ4v) is 5.38. The van der Waals surface area contributed by atoms with Gasteiger partial charge in [-0.25, -0.2) is 0 Å². The molecule has 0 N–H and O–H groups in total. The molecule has 3 atom stereocenters. The summed E-state index contributed by atoms with van der Waals surface area (Å²) in [6, 6.07) is 12.6. The quantitative estimate of drug-likeness (QED) is 0.667. The second-order valence-corrected chi connectivity index (χ2v) is 8.76. The lowest BCUT2D eigenvalue weighted by atomic mass is 9.87. The van der Waals surface area contributed by atoms with Gasteiger partial charge in [-0.05, 0) is 43.0 Å². The standard InChI is InChI=1S/C24H28N4O2/c1-16-7-4-5-9-20(16)23-22-15-27(13-19-8-6-10-30-19)11-18(22)12-28(23)24(29)21-14-26(3)25-17(21)2/h4-10,14,18,22-23H,11-13,15H2,1-3H3/t18-,22-,23-/m0/s1. The Balaban J connectivity index is 1.46. The molecule has 0 unspecified atom stereocenters. The third-order valence-electron chi connectivity index (χ3n) is 6.71. The van der Waals surface area contributed by atoms with E-state index in [1.165, 1.54) is 11.1 Å². The van der Waals surface area contributed by atoms with Crippen molar-refractivity contribution in [3.05, 3.63) is 77.0 Å². The normalized spacial score (nSPS) is 23.8. The number of aromatic nitrogens is 2. The van der Waals surface area contributed by atoms with Crippen LogP contribution in [0.4, 0.5) is 0 Å². The van der Waals surface area contributed by atoms with Gasteiger partial charge in [0.05, 0.1) is 30.1 Å². The van der Waals surface area contributed by atoms with E-state index in [-0.39, 0.29) is 11.9 Å². The molecule has 0 aliphatic carbocycles. The molecule has 1 aromatic carbocycles. The van der Waals surface area contributed by atoms with E-state index >= 15 is 0 Å². The van der Waals surface area contributed by atoms with E-state index in [0.717, 1.165) is 37.6 Å². The van der Waals surface area contributed by atoms with Crippen LogP contribution < -0.4 is 0 Å².